The van der Waals surface area contributed by atoms with Crippen LogP contribution in [0.3, 0.4) is 0 Å². The number of nitrogens with one attached hydrogen (secondary N) is 1. The zero-order valence-corrected chi connectivity index (χ0v) is 11.7. The minimum atomic E-state index is 0.233. The molecule has 1 saturated heterocycles. The molecular formula is C15H20N4O. The van der Waals surface area contributed by atoms with Crippen molar-refractivity contribution in [2.24, 2.45) is 0 Å². The average molecular weight is 272 g/mol. The second kappa shape index (κ2) is 5.63. The van der Waals surface area contributed by atoms with Crippen molar-refractivity contribution in [2.45, 2.75) is 25.9 Å². The summed E-state index contributed by atoms with van der Waals surface area (Å²) in [6.07, 6.45) is 2.35. The quantitative estimate of drug-likeness (QED) is 0.915. The first kappa shape index (κ1) is 13.1. The Morgan fingerprint density at radius 1 is 1.45 bits per heavy atom. The van der Waals surface area contributed by atoms with Gasteiger partial charge in [0.25, 0.3) is 0 Å². The van der Waals surface area contributed by atoms with Crippen LogP contribution in [0.1, 0.15) is 13.3 Å². The predicted octanol–water partition coefficient (Wildman–Crippen LogP) is 1.25. The van der Waals surface area contributed by atoms with E-state index >= 15 is 0 Å². The van der Waals surface area contributed by atoms with Crippen molar-refractivity contribution in [1.82, 2.24) is 19.8 Å². The molecule has 3 rings (SSSR count). The van der Waals surface area contributed by atoms with E-state index in [9.17, 15) is 4.79 Å². The van der Waals surface area contributed by atoms with E-state index in [1.54, 1.807) is 0 Å². The second-order valence-corrected chi connectivity index (χ2v) is 5.32. The van der Waals surface area contributed by atoms with Crippen LogP contribution in [-0.2, 0) is 11.3 Å². The number of rotatable bonds is 3. The van der Waals surface area contributed by atoms with E-state index in [0.29, 0.717) is 13.0 Å². The van der Waals surface area contributed by atoms with E-state index in [2.05, 4.69) is 21.8 Å². The van der Waals surface area contributed by atoms with Crippen LogP contribution in [0.25, 0.3) is 11.0 Å². The topological polar surface area (TPSA) is 50.2 Å². The van der Waals surface area contributed by atoms with Gasteiger partial charge < -0.3 is 14.8 Å². The Kier molecular flexibility index (Phi) is 3.69. The highest BCUT2D eigenvalue weighted by Gasteiger charge is 2.22. The summed E-state index contributed by atoms with van der Waals surface area (Å²) in [4.78, 5) is 18.6. The molecule has 1 aromatic carbocycles. The average Bonchev–Trinajstić information content (AvgIpc) is 2.88. The van der Waals surface area contributed by atoms with Gasteiger partial charge in [-0.15, -0.1) is 0 Å². The molecule has 1 atom stereocenters. The van der Waals surface area contributed by atoms with Gasteiger partial charge in [0, 0.05) is 38.6 Å². The summed E-state index contributed by atoms with van der Waals surface area (Å²) in [6.45, 7) is 5.38. The summed E-state index contributed by atoms with van der Waals surface area (Å²) in [5.41, 5.74) is 2.07. The van der Waals surface area contributed by atoms with E-state index in [1.807, 2.05) is 35.5 Å². The van der Waals surface area contributed by atoms with Crippen molar-refractivity contribution in [1.29, 1.82) is 0 Å². The number of hydrogen-bond acceptors (Lipinski definition) is 3. The summed E-state index contributed by atoms with van der Waals surface area (Å²) >= 11 is 0. The van der Waals surface area contributed by atoms with Gasteiger partial charge >= 0.3 is 0 Å². The molecule has 106 valence electrons. The van der Waals surface area contributed by atoms with Gasteiger partial charge in [-0.05, 0) is 19.1 Å². The zero-order valence-electron chi connectivity index (χ0n) is 11.7. The monoisotopic (exact) mass is 272 g/mol. The Morgan fingerprint density at radius 3 is 3.15 bits per heavy atom. The van der Waals surface area contributed by atoms with E-state index in [1.165, 1.54) is 0 Å². The Balaban J connectivity index is 1.65. The molecule has 2 aromatic rings. The van der Waals surface area contributed by atoms with Gasteiger partial charge in [0.2, 0.25) is 5.91 Å². The molecular weight excluding hydrogens is 252 g/mol. The van der Waals surface area contributed by atoms with Crippen molar-refractivity contribution in [3.63, 3.8) is 0 Å². The van der Waals surface area contributed by atoms with Gasteiger partial charge in [-0.1, -0.05) is 12.1 Å². The third kappa shape index (κ3) is 2.54. The Bertz CT molecular complexity index is 607. The standard InChI is InChI=1S/C15H20N4O/c1-12-10-16-7-9-19(12)15(20)6-8-18-11-17-13-4-2-3-5-14(13)18/h2-5,11-12,16H,6-10H2,1H3/t12-/m0/s1. The SMILES string of the molecule is C[C@H]1CNCCN1C(=O)CCn1cnc2ccccc21. The predicted molar refractivity (Wildman–Crippen MR) is 78.4 cm³/mol. The van der Waals surface area contributed by atoms with Crippen LogP contribution in [0.4, 0.5) is 0 Å². The van der Waals surface area contributed by atoms with Crippen molar-refractivity contribution < 1.29 is 4.79 Å². The third-order valence-corrected chi connectivity index (χ3v) is 3.92. The van der Waals surface area contributed by atoms with E-state index in [4.69, 9.17) is 0 Å². The highest BCUT2D eigenvalue weighted by molar-refractivity contribution is 5.78. The maximum atomic E-state index is 12.3. The Labute approximate surface area is 118 Å². The summed E-state index contributed by atoms with van der Waals surface area (Å²) < 4.78 is 2.06. The number of nitrogens with zero attached hydrogens (tertiary/aromatic N) is 3. The van der Waals surface area contributed by atoms with Gasteiger partial charge in [-0.3, -0.25) is 4.79 Å². The molecule has 0 aliphatic carbocycles. The summed E-state index contributed by atoms with van der Waals surface area (Å²) in [7, 11) is 0. The molecule has 0 unspecified atom stereocenters. The number of aryl methyl sites for hydroxylation is 1. The molecule has 0 spiro atoms. The number of hydrogen-bond donors (Lipinski definition) is 1. The van der Waals surface area contributed by atoms with Gasteiger partial charge in [0.05, 0.1) is 17.4 Å². The smallest absolute Gasteiger partial charge is 0.224 e. The molecule has 5 heteroatoms. The molecule has 1 amide bonds. The van der Waals surface area contributed by atoms with E-state index < -0.39 is 0 Å². The van der Waals surface area contributed by atoms with Crippen molar-refractivity contribution in [3.8, 4) is 0 Å². The summed E-state index contributed by atoms with van der Waals surface area (Å²) in [5.74, 6) is 0.233. The lowest BCUT2D eigenvalue weighted by atomic mass is 10.2. The van der Waals surface area contributed by atoms with Crippen LogP contribution in [0.2, 0.25) is 0 Å². The summed E-state index contributed by atoms with van der Waals surface area (Å²) in [6, 6.07) is 8.30. The number of amides is 1. The van der Waals surface area contributed by atoms with Gasteiger partial charge in [-0.25, -0.2) is 4.98 Å². The highest BCUT2D eigenvalue weighted by Crippen LogP contribution is 2.13. The fourth-order valence-corrected chi connectivity index (χ4v) is 2.76. The molecule has 0 radical (unpaired) electrons. The van der Waals surface area contributed by atoms with Crippen molar-refractivity contribution in [2.75, 3.05) is 19.6 Å². The molecule has 0 bridgehead atoms. The summed E-state index contributed by atoms with van der Waals surface area (Å²) in [5, 5.41) is 3.30. The van der Waals surface area contributed by atoms with Crippen LogP contribution < -0.4 is 5.32 Å². The number of benzene rings is 1. The Hall–Kier alpha value is -1.88. The fraction of sp³-hybridized carbons (Fsp3) is 0.467. The number of aromatic nitrogens is 2. The molecule has 5 nitrogen and oxygen atoms in total. The number of para-hydroxylation sites is 2. The van der Waals surface area contributed by atoms with Gasteiger partial charge in [0.15, 0.2) is 0 Å². The molecule has 1 aliphatic rings. The third-order valence-electron chi connectivity index (χ3n) is 3.92. The van der Waals surface area contributed by atoms with Crippen LogP contribution in [0, 0.1) is 0 Å². The first-order chi connectivity index (χ1) is 9.75. The Morgan fingerprint density at radius 2 is 2.30 bits per heavy atom. The van der Waals surface area contributed by atoms with Crippen LogP contribution in [-0.4, -0.2) is 46.0 Å². The van der Waals surface area contributed by atoms with Crippen LogP contribution in [0.15, 0.2) is 30.6 Å². The lowest BCUT2D eigenvalue weighted by Gasteiger charge is -2.34. The number of piperazine rings is 1. The lowest BCUT2D eigenvalue weighted by molar-refractivity contribution is -0.134. The minimum Gasteiger partial charge on any atom is -0.337 e. The van der Waals surface area contributed by atoms with E-state index in [0.717, 1.165) is 30.7 Å². The maximum absolute atomic E-state index is 12.3. The first-order valence-electron chi connectivity index (χ1n) is 7.16. The number of fused-ring (bicyclic) bond motifs is 1. The van der Waals surface area contributed by atoms with Gasteiger partial charge in [-0.2, -0.15) is 0 Å². The largest absolute Gasteiger partial charge is 0.337 e. The van der Waals surface area contributed by atoms with Crippen LogP contribution >= 0.6 is 0 Å². The second-order valence-electron chi connectivity index (χ2n) is 5.32. The molecule has 20 heavy (non-hydrogen) atoms. The minimum absolute atomic E-state index is 0.233. The molecule has 0 saturated carbocycles. The molecule has 1 fully saturated rings. The van der Waals surface area contributed by atoms with Crippen LogP contribution in [0.5, 0.6) is 0 Å². The fourth-order valence-electron chi connectivity index (χ4n) is 2.76. The molecule has 1 aliphatic heterocycles. The molecule has 1 aromatic heterocycles. The number of imidazole rings is 1. The van der Waals surface area contributed by atoms with Crippen molar-refractivity contribution in [3.05, 3.63) is 30.6 Å². The zero-order chi connectivity index (χ0) is 13.9. The first-order valence-corrected chi connectivity index (χ1v) is 7.16. The number of carbonyl (C=O) groups excluding carboxylic acids is 1. The lowest BCUT2D eigenvalue weighted by Crippen LogP contribution is -2.52. The van der Waals surface area contributed by atoms with Crippen molar-refractivity contribution >= 4 is 16.9 Å². The van der Waals surface area contributed by atoms with E-state index in [-0.39, 0.29) is 11.9 Å². The highest BCUT2D eigenvalue weighted by atomic mass is 16.2. The molecule has 1 N–H and O–H groups in total. The normalized spacial score (nSPS) is 19.4. The molecule has 2 heterocycles. The number of carbonyl (C=O) groups is 1. The maximum Gasteiger partial charge on any atom is 0.224 e. The van der Waals surface area contributed by atoms with Gasteiger partial charge in [0.1, 0.15) is 0 Å².